The number of likely N-dealkylation sites (tertiary alicyclic amines) is 1. The molecule has 0 aliphatic carbocycles. The first-order chi connectivity index (χ1) is 26.6. The Labute approximate surface area is 332 Å². The van der Waals surface area contributed by atoms with Crippen LogP contribution in [0.1, 0.15) is 135 Å². The van der Waals surface area contributed by atoms with E-state index in [1.165, 1.54) is 10.5 Å². The maximum absolute atomic E-state index is 14.2. The molecular weight excluding hydrogens is 713 g/mol. The standard InChI is InChI=1S/C44H64N4O8/c1-7-9-11-17-36(42(53)54)47-39(50)30(3)29-38(49)37-18-14-28-48(37)41(52)35(16-12-13-27-45-43(55)56-44(4,5)6)46-40(51)34-25-23-33(24-26-34)32-21-19-31(20-22-32)15-10-8-2/h19-26,30,35-37H,7-18,27-29H2,1-6H3,(H,45,55)(H,46,51)(H,47,50)(H,53,54)/t30-,35+,36+,37+/m1/s1. The van der Waals surface area contributed by atoms with Gasteiger partial charge in [-0.05, 0) is 101 Å². The van der Waals surface area contributed by atoms with Crippen LogP contribution in [0.5, 0.6) is 0 Å². The number of nitrogens with one attached hydrogen (secondary N) is 3. The molecule has 0 radical (unpaired) electrons. The van der Waals surface area contributed by atoms with Crippen molar-refractivity contribution in [3.63, 3.8) is 0 Å². The van der Waals surface area contributed by atoms with Crippen LogP contribution in [-0.4, -0.2) is 82.4 Å². The topological polar surface area (TPSA) is 171 Å². The van der Waals surface area contributed by atoms with Crippen LogP contribution in [0.4, 0.5) is 4.79 Å². The molecule has 2 aromatic carbocycles. The number of rotatable bonds is 22. The first kappa shape index (κ1) is 45.6. The second-order valence-corrected chi connectivity index (χ2v) is 16.0. The van der Waals surface area contributed by atoms with Crippen molar-refractivity contribution in [3.05, 3.63) is 59.7 Å². The number of benzene rings is 2. The first-order valence-electron chi connectivity index (χ1n) is 20.5. The van der Waals surface area contributed by atoms with Gasteiger partial charge in [0.25, 0.3) is 5.91 Å². The fourth-order valence-corrected chi connectivity index (χ4v) is 6.80. The summed E-state index contributed by atoms with van der Waals surface area (Å²) in [5, 5.41) is 17.8. The summed E-state index contributed by atoms with van der Waals surface area (Å²) in [4.78, 5) is 79.8. The molecule has 2 aromatic rings. The Morgan fingerprint density at radius 3 is 2.04 bits per heavy atom. The van der Waals surface area contributed by atoms with Crippen LogP contribution in [0.3, 0.4) is 0 Å². The molecule has 3 rings (SSSR count). The highest BCUT2D eigenvalue weighted by atomic mass is 16.6. The number of carbonyl (C=O) groups is 6. The van der Waals surface area contributed by atoms with Gasteiger partial charge in [-0.3, -0.25) is 19.2 Å². The molecule has 1 saturated heterocycles. The molecule has 12 nitrogen and oxygen atoms in total. The number of amides is 4. The Kier molecular flexibility index (Phi) is 18.5. The summed E-state index contributed by atoms with van der Waals surface area (Å²) in [6.45, 7) is 11.7. The van der Waals surface area contributed by atoms with Crippen molar-refractivity contribution >= 4 is 35.6 Å². The normalized spacial score (nSPS) is 15.7. The molecule has 0 spiro atoms. The lowest BCUT2D eigenvalue weighted by molar-refractivity contribution is -0.143. The van der Waals surface area contributed by atoms with E-state index in [0.717, 1.165) is 43.2 Å². The fraction of sp³-hybridized carbons (Fsp3) is 0.591. The van der Waals surface area contributed by atoms with Gasteiger partial charge in [0.05, 0.1) is 6.04 Å². The molecule has 308 valence electrons. The van der Waals surface area contributed by atoms with E-state index in [1.54, 1.807) is 39.8 Å². The lowest BCUT2D eigenvalue weighted by atomic mass is 9.96. The molecule has 0 saturated carbocycles. The molecule has 0 bridgehead atoms. The lowest BCUT2D eigenvalue weighted by Crippen LogP contribution is -2.52. The molecule has 1 fully saturated rings. The molecule has 1 aliphatic rings. The SMILES string of the molecule is CCCCC[C@H](NC(=O)[C@H](C)CC(=O)[C@@H]1CCCN1C(=O)[C@H](CCCCNC(=O)OC(C)(C)C)NC(=O)c1ccc(-c2ccc(CCCC)cc2)cc1)C(=O)O. The van der Waals surface area contributed by atoms with Gasteiger partial charge in [0.2, 0.25) is 11.8 Å². The number of unbranched alkanes of at least 4 members (excludes halogenated alkanes) is 4. The Hall–Kier alpha value is -4.74. The number of aliphatic carboxylic acids is 1. The number of carboxylic acids is 1. The van der Waals surface area contributed by atoms with Crippen LogP contribution >= 0.6 is 0 Å². The molecule has 4 amide bonds. The van der Waals surface area contributed by atoms with Crippen molar-refractivity contribution < 1.29 is 38.6 Å². The molecule has 12 heteroatoms. The van der Waals surface area contributed by atoms with Gasteiger partial charge in [-0.15, -0.1) is 0 Å². The summed E-state index contributed by atoms with van der Waals surface area (Å²) in [5.74, 6) is -3.50. The van der Waals surface area contributed by atoms with Crippen LogP contribution in [0, 0.1) is 5.92 Å². The molecule has 56 heavy (non-hydrogen) atoms. The van der Waals surface area contributed by atoms with E-state index in [1.807, 2.05) is 19.1 Å². The third kappa shape index (κ3) is 15.1. The maximum atomic E-state index is 14.2. The average Bonchev–Trinajstić information content (AvgIpc) is 3.66. The highest BCUT2D eigenvalue weighted by Crippen LogP contribution is 2.25. The molecule has 0 unspecified atom stereocenters. The minimum atomic E-state index is -1.11. The van der Waals surface area contributed by atoms with Crippen molar-refractivity contribution in [3.8, 4) is 11.1 Å². The second kappa shape index (κ2) is 22.7. The minimum absolute atomic E-state index is 0.150. The van der Waals surface area contributed by atoms with E-state index in [2.05, 4.69) is 47.1 Å². The molecular formula is C44H64N4O8. The number of alkyl carbamates (subject to hydrolysis) is 1. The lowest BCUT2D eigenvalue weighted by Gasteiger charge is -2.29. The maximum Gasteiger partial charge on any atom is 0.407 e. The van der Waals surface area contributed by atoms with E-state index < -0.39 is 53.5 Å². The first-order valence-corrected chi connectivity index (χ1v) is 20.5. The molecule has 1 heterocycles. The van der Waals surface area contributed by atoms with Gasteiger partial charge in [0.1, 0.15) is 17.7 Å². The smallest absolute Gasteiger partial charge is 0.407 e. The van der Waals surface area contributed by atoms with E-state index in [0.29, 0.717) is 57.2 Å². The number of carbonyl (C=O) groups excluding carboxylic acids is 5. The summed E-state index contributed by atoms with van der Waals surface area (Å²) in [5.41, 5.74) is 3.04. The number of ether oxygens (including phenoxy) is 1. The third-order valence-electron chi connectivity index (χ3n) is 10.0. The van der Waals surface area contributed by atoms with E-state index in [9.17, 15) is 33.9 Å². The minimum Gasteiger partial charge on any atom is -0.480 e. The number of ketones is 1. The van der Waals surface area contributed by atoms with Gasteiger partial charge in [-0.1, -0.05) is 82.9 Å². The highest BCUT2D eigenvalue weighted by Gasteiger charge is 2.38. The average molecular weight is 777 g/mol. The van der Waals surface area contributed by atoms with Crippen LogP contribution in [0.15, 0.2) is 48.5 Å². The molecule has 4 atom stereocenters. The zero-order valence-electron chi connectivity index (χ0n) is 34.3. The Morgan fingerprint density at radius 2 is 1.43 bits per heavy atom. The Morgan fingerprint density at radius 1 is 0.821 bits per heavy atom. The number of carboxylic acid groups (broad SMARTS) is 1. The van der Waals surface area contributed by atoms with E-state index in [4.69, 9.17) is 4.74 Å². The van der Waals surface area contributed by atoms with Gasteiger partial charge in [-0.2, -0.15) is 0 Å². The number of Topliss-reactive ketones (excluding diaryl/α,β-unsaturated/α-hetero) is 1. The van der Waals surface area contributed by atoms with Gasteiger partial charge < -0.3 is 30.7 Å². The van der Waals surface area contributed by atoms with Crippen molar-refractivity contribution in [2.24, 2.45) is 5.92 Å². The summed E-state index contributed by atoms with van der Waals surface area (Å²) >= 11 is 0. The highest BCUT2D eigenvalue weighted by molar-refractivity contribution is 5.99. The predicted octanol–water partition coefficient (Wildman–Crippen LogP) is 7.23. The van der Waals surface area contributed by atoms with Crippen LogP contribution in [0.2, 0.25) is 0 Å². The summed E-state index contributed by atoms with van der Waals surface area (Å²) in [6.07, 6.45) is 7.66. The number of hydrogen-bond donors (Lipinski definition) is 4. The quantitative estimate of drug-likeness (QED) is 0.0908. The van der Waals surface area contributed by atoms with Crippen molar-refractivity contribution in [2.45, 2.75) is 149 Å². The fourth-order valence-electron chi connectivity index (χ4n) is 6.80. The second-order valence-electron chi connectivity index (χ2n) is 16.0. The molecule has 1 aliphatic heterocycles. The van der Waals surface area contributed by atoms with Crippen LogP contribution < -0.4 is 16.0 Å². The van der Waals surface area contributed by atoms with Crippen molar-refractivity contribution in [1.82, 2.24) is 20.9 Å². The van der Waals surface area contributed by atoms with Gasteiger partial charge >= 0.3 is 12.1 Å². The number of nitrogens with zero attached hydrogens (tertiary/aromatic N) is 1. The van der Waals surface area contributed by atoms with E-state index in [-0.39, 0.29) is 24.5 Å². The number of hydrogen-bond acceptors (Lipinski definition) is 7. The Balaban J connectivity index is 1.70. The van der Waals surface area contributed by atoms with Gasteiger partial charge in [-0.25, -0.2) is 9.59 Å². The van der Waals surface area contributed by atoms with Crippen LogP contribution in [-0.2, 0) is 30.3 Å². The Bertz CT molecular complexity index is 1600. The van der Waals surface area contributed by atoms with Crippen molar-refractivity contribution in [1.29, 1.82) is 0 Å². The summed E-state index contributed by atoms with van der Waals surface area (Å²) < 4.78 is 5.30. The molecule has 4 N–H and O–H groups in total. The molecule has 0 aromatic heterocycles. The van der Waals surface area contributed by atoms with Gasteiger partial charge in [0.15, 0.2) is 5.78 Å². The zero-order chi connectivity index (χ0) is 41.3. The van der Waals surface area contributed by atoms with Crippen molar-refractivity contribution in [2.75, 3.05) is 13.1 Å². The third-order valence-corrected chi connectivity index (χ3v) is 10.0. The van der Waals surface area contributed by atoms with E-state index >= 15 is 0 Å². The largest absolute Gasteiger partial charge is 0.480 e. The predicted molar refractivity (Wildman–Crippen MR) is 217 cm³/mol. The monoisotopic (exact) mass is 776 g/mol. The van der Waals surface area contributed by atoms with Gasteiger partial charge in [0, 0.05) is 31.0 Å². The summed E-state index contributed by atoms with van der Waals surface area (Å²) in [6, 6.07) is 12.9. The van der Waals surface area contributed by atoms with Crippen LogP contribution in [0.25, 0.3) is 11.1 Å². The number of aryl methyl sites for hydroxylation is 1. The zero-order valence-corrected chi connectivity index (χ0v) is 34.3. The summed E-state index contributed by atoms with van der Waals surface area (Å²) in [7, 11) is 0.